The Morgan fingerprint density at radius 3 is 2.56 bits per heavy atom. The molecule has 16 heavy (non-hydrogen) atoms. The van der Waals surface area contributed by atoms with Gasteiger partial charge < -0.3 is 10.6 Å². The molecule has 0 saturated carbocycles. The van der Waals surface area contributed by atoms with Crippen molar-refractivity contribution in [1.82, 2.24) is 9.88 Å². The molecular formula is C12H23N3S. The second-order valence-corrected chi connectivity index (χ2v) is 6.00. The van der Waals surface area contributed by atoms with Crippen molar-refractivity contribution in [2.45, 2.75) is 33.2 Å². The van der Waals surface area contributed by atoms with E-state index < -0.39 is 0 Å². The number of thiazole rings is 1. The summed E-state index contributed by atoms with van der Waals surface area (Å²) in [6.45, 7) is 6.12. The van der Waals surface area contributed by atoms with Gasteiger partial charge in [0.15, 0.2) is 0 Å². The minimum atomic E-state index is 0.627. The highest BCUT2D eigenvalue weighted by Crippen LogP contribution is 2.21. The molecule has 1 aromatic heterocycles. The molecule has 0 atom stereocenters. The van der Waals surface area contributed by atoms with Crippen molar-refractivity contribution in [2.24, 2.45) is 11.7 Å². The van der Waals surface area contributed by atoms with Crippen LogP contribution in [0.5, 0.6) is 0 Å². The van der Waals surface area contributed by atoms with Crippen molar-refractivity contribution in [1.29, 1.82) is 0 Å². The standard InChI is InChI=1S/C12H23N3S/c1-9(2)7-10-11(8-13)16-12(14-10)5-6-15(3)4/h9H,5-8,13H2,1-4H3. The Bertz CT molecular complexity index is 318. The van der Waals surface area contributed by atoms with Crippen molar-refractivity contribution in [3.63, 3.8) is 0 Å². The minimum absolute atomic E-state index is 0.627. The van der Waals surface area contributed by atoms with E-state index in [1.807, 2.05) is 0 Å². The molecular weight excluding hydrogens is 218 g/mol. The fourth-order valence-electron chi connectivity index (χ4n) is 1.57. The molecule has 92 valence electrons. The first-order chi connectivity index (χ1) is 7.52. The van der Waals surface area contributed by atoms with Gasteiger partial charge in [-0.1, -0.05) is 13.8 Å². The summed E-state index contributed by atoms with van der Waals surface area (Å²) in [6, 6.07) is 0. The number of hydrogen-bond donors (Lipinski definition) is 1. The van der Waals surface area contributed by atoms with Gasteiger partial charge in [0.1, 0.15) is 0 Å². The topological polar surface area (TPSA) is 42.2 Å². The number of nitrogens with zero attached hydrogens (tertiary/aromatic N) is 2. The zero-order valence-corrected chi connectivity index (χ0v) is 11.6. The Hall–Kier alpha value is -0.450. The van der Waals surface area contributed by atoms with Crippen molar-refractivity contribution in [3.05, 3.63) is 15.6 Å². The summed E-state index contributed by atoms with van der Waals surface area (Å²) in [5, 5.41) is 1.23. The predicted molar refractivity (Wildman–Crippen MR) is 70.8 cm³/mol. The molecule has 0 fully saturated rings. The normalized spacial score (nSPS) is 11.7. The molecule has 0 aromatic carbocycles. The number of aromatic nitrogens is 1. The van der Waals surface area contributed by atoms with Gasteiger partial charge in [0.25, 0.3) is 0 Å². The molecule has 0 spiro atoms. The first-order valence-corrected chi connectivity index (χ1v) is 6.66. The van der Waals surface area contributed by atoms with Crippen LogP contribution in [0.1, 0.15) is 29.4 Å². The lowest BCUT2D eigenvalue weighted by Gasteiger charge is -2.06. The van der Waals surface area contributed by atoms with Crippen LogP contribution in [0.4, 0.5) is 0 Å². The molecule has 0 unspecified atom stereocenters. The number of hydrogen-bond acceptors (Lipinski definition) is 4. The Morgan fingerprint density at radius 1 is 1.38 bits per heavy atom. The fourth-order valence-corrected chi connectivity index (χ4v) is 2.53. The van der Waals surface area contributed by atoms with Crippen LogP contribution in [0.25, 0.3) is 0 Å². The van der Waals surface area contributed by atoms with Gasteiger partial charge in [0.2, 0.25) is 0 Å². The maximum Gasteiger partial charge on any atom is 0.0944 e. The predicted octanol–water partition coefficient (Wildman–Crippen LogP) is 1.90. The first-order valence-electron chi connectivity index (χ1n) is 5.85. The number of likely N-dealkylation sites (N-methyl/N-ethyl adjacent to an activating group) is 1. The summed E-state index contributed by atoms with van der Waals surface area (Å²) in [5.74, 6) is 0.647. The molecule has 0 aliphatic carbocycles. The van der Waals surface area contributed by atoms with E-state index in [9.17, 15) is 0 Å². The van der Waals surface area contributed by atoms with E-state index in [2.05, 4.69) is 32.8 Å². The maximum atomic E-state index is 5.76. The van der Waals surface area contributed by atoms with Crippen LogP contribution in [-0.2, 0) is 19.4 Å². The fraction of sp³-hybridized carbons (Fsp3) is 0.750. The van der Waals surface area contributed by atoms with E-state index >= 15 is 0 Å². The Balaban J connectivity index is 2.69. The van der Waals surface area contributed by atoms with E-state index in [1.165, 1.54) is 15.6 Å². The highest BCUT2D eigenvalue weighted by Gasteiger charge is 2.11. The molecule has 1 heterocycles. The van der Waals surface area contributed by atoms with Crippen LogP contribution in [0, 0.1) is 5.92 Å². The molecule has 0 amide bonds. The smallest absolute Gasteiger partial charge is 0.0944 e. The van der Waals surface area contributed by atoms with Crippen molar-refractivity contribution >= 4 is 11.3 Å². The number of rotatable bonds is 6. The van der Waals surface area contributed by atoms with E-state index in [4.69, 9.17) is 10.7 Å². The van der Waals surface area contributed by atoms with Gasteiger partial charge in [-0.2, -0.15) is 0 Å². The third-order valence-electron chi connectivity index (χ3n) is 2.38. The monoisotopic (exact) mass is 241 g/mol. The largest absolute Gasteiger partial charge is 0.326 e. The third-order valence-corrected chi connectivity index (χ3v) is 3.56. The molecule has 0 saturated heterocycles. The summed E-state index contributed by atoms with van der Waals surface area (Å²) in [7, 11) is 4.18. The Kier molecular flexibility index (Phi) is 5.38. The van der Waals surface area contributed by atoms with Gasteiger partial charge in [-0.05, 0) is 26.4 Å². The lowest BCUT2D eigenvalue weighted by atomic mass is 10.1. The highest BCUT2D eigenvalue weighted by atomic mass is 32.1. The zero-order valence-electron chi connectivity index (χ0n) is 10.8. The average molecular weight is 241 g/mol. The van der Waals surface area contributed by atoms with E-state index in [0.29, 0.717) is 12.5 Å². The SMILES string of the molecule is CC(C)Cc1nc(CCN(C)C)sc1CN. The minimum Gasteiger partial charge on any atom is -0.326 e. The maximum absolute atomic E-state index is 5.76. The lowest BCUT2D eigenvalue weighted by Crippen LogP contribution is -2.14. The lowest BCUT2D eigenvalue weighted by molar-refractivity contribution is 0.413. The van der Waals surface area contributed by atoms with Gasteiger partial charge in [-0.3, -0.25) is 0 Å². The van der Waals surface area contributed by atoms with E-state index in [1.54, 1.807) is 11.3 Å². The van der Waals surface area contributed by atoms with Crippen LogP contribution in [0.2, 0.25) is 0 Å². The van der Waals surface area contributed by atoms with Crippen molar-refractivity contribution < 1.29 is 0 Å². The quantitative estimate of drug-likeness (QED) is 0.827. The van der Waals surface area contributed by atoms with Gasteiger partial charge in [-0.15, -0.1) is 11.3 Å². The first kappa shape index (κ1) is 13.6. The van der Waals surface area contributed by atoms with Crippen LogP contribution < -0.4 is 5.73 Å². The number of nitrogens with two attached hydrogens (primary N) is 1. The molecule has 0 aliphatic rings. The van der Waals surface area contributed by atoms with Crippen molar-refractivity contribution in [3.8, 4) is 0 Å². The molecule has 1 rings (SSSR count). The summed E-state index contributed by atoms with van der Waals surface area (Å²) < 4.78 is 0. The second-order valence-electron chi connectivity index (χ2n) is 4.83. The summed E-state index contributed by atoms with van der Waals surface area (Å²) in [5.41, 5.74) is 6.97. The highest BCUT2D eigenvalue weighted by molar-refractivity contribution is 7.11. The summed E-state index contributed by atoms with van der Waals surface area (Å²) >= 11 is 1.78. The molecule has 2 N–H and O–H groups in total. The van der Waals surface area contributed by atoms with Crippen LogP contribution in [0.15, 0.2) is 0 Å². The van der Waals surface area contributed by atoms with Gasteiger partial charge in [-0.25, -0.2) is 4.98 Å². The van der Waals surface area contributed by atoms with Crippen LogP contribution in [-0.4, -0.2) is 30.5 Å². The molecule has 3 nitrogen and oxygen atoms in total. The average Bonchev–Trinajstić information content (AvgIpc) is 2.56. The van der Waals surface area contributed by atoms with Crippen LogP contribution in [0.3, 0.4) is 0 Å². The molecule has 0 radical (unpaired) electrons. The summed E-state index contributed by atoms with van der Waals surface area (Å²) in [4.78, 5) is 8.16. The Morgan fingerprint density at radius 2 is 2.06 bits per heavy atom. The third kappa shape index (κ3) is 4.20. The van der Waals surface area contributed by atoms with E-state index in [0.717, 1.165) is 19.4 Å². The summed E-state index contributed by atoms with van der Waals surface area (Å²) in [6.07, 6.45) is 2.08. The molecule has 4 heteroatoms. The van der Waals surface area contributed by atoms with Crippen molar-refractivity contribution in [2.75, 3.05) is 20.6 Å². The van der Waals surface area contributed by atoms with Gasteiger partial charge >= 0.3 is 0 Å². The second kappa shape index (κ2) is 6.33. The van der Waals surface area contributed by atoms with Gasteiger partial charge in [0, 0.05) is 24.4 Å². The zero-order chi connectivity index (χ0) is 12.1. The van der Waals surface area contributed by atoms with Crippen LogP contribution >= 0.6 is 11.3 Å². The molecule has 1 aromatic rings. The van der Waals surface area contributed by atoms with Gasteiger partial charge in [0.05, 0.1) is 10.7 Å². The van der Waals surface area contributed by atoms with E-state index in [-0.39, 0.29) is 0 Å². The molecule has 0 aliphatic heterocycles. The Labute approximate surface area is 103 Å². The molecule has 0 bridgehead atoms.